The number of rotatable bonds is 10. The van der Waals surface area contributed by atoms with Gasteiger partial charge in [-0.05, 0) is 30.7 Å². The van der Waals surface area contributed by atoms with Crippen LogP contribution in [0.15, 0.2) is 53.4 Å². The molecule has 1 unspecified atom stereocenters. The lowest BCUT2D eigenvalue weighted by Crippen LogP contribution is -2.33. The Bertz CT molecular complexity index is 1040. The standard InChI is InChI=1S/C22H29N3O6S/c1-16(17-8-6-5-7-9-17)25(4)21(27)15-31-22(28)19-14-18(32(29,30)24(2)3)10-11-20(19)23-12-13-26/h5-11,14,16,23,26H,12-13,15H2,1-4H3. The number of hydrogen-bond acceptors (Lipinski definition) is 7. The van der Waals surface area contributed by atoms with Crippen LogP contribution >= 0.6 is 0 Å². The minimum absolute atomic E-state index is 0.0482. The first-order valence-electron chi connectivity index (χ1n) is 9.98. The highest BCUT2D eigenvalue weighted by molar-refractivity contribution is 7.89. The second-order valence-electron chi connectivity index (χ2n) is 7.31. The molecule has 32 heavy (non-hydrogen) atoms. The molecule has 0 saturated carbocycles. The maximum atomic E-state index is 12.7. The molecule has 0 heterocycles. The number of benzene rings is 2. The molecule has 0 radical (unpaired) electrons. The Kier molecular flexibility index (Phi) is 8.76. The third kappa shape index (κ3) is 6.06. The van der Waals surface area contributed by atoms with Gasteiger partial charge in [0.05, 0.1) is 23.1 Å². The van der Waals surface area contributed by atoms with Crippen molar-refractivity contribution in [2.45, 2.75) is 17.9 Å². The summed E-state index contributed by atoms with van der Waals surface area (Å²) in [5.41, 5.74) is 1.18. The summed E-state index contributed by atoms with van der Waals surface area (Å²) in [6.45, 7) is 1.32. The highest BCUT2D eigenvalue weighted by atomic mass is 32.2. The first kappa shape index (κ1) is 25.3. The largest absolute Gasteiger partial charge is 0.452 e. The van der Waals surface area contributed by atoms with Crippen LogP contribution in [0, 0.1) is 0 Å². The van der Waals surface area contributed by atoms with Crippen LogP contribution in [0.2, 0.25) is 0 Å². The van der Waals surface area contributed by atoms with E-state index in [9.17, 15) is 18.0 Å². The molecule has 1 atom stereocenters. The third-order valence-corrected chi connectivity index (χ3v) is 6.81. The molecule has 0 saturated heterocycles. The zero-order chi connectivity index (χ0) is 23.9. The summed E-state index contributed by atoms with van der Waals surface area (Å²) in [5.74, 6) is -1.26. The van der Waals surface area contributed by atoms with E-state index in [1.807, 2.05) is 37.3 Å². The SMILES string of the molecule is CC(c1ccccc1)N(C)C(=O)COC(=O)c1cc(S(=O)(=O)N(C)C)ccc1NCCO. The van der Waals surface area contributed by atoms with E-state index in [2.05, 4.69) is 5.32 Å². The molecule has 0 spiro atoms. The van der Waals surface area contributed by atoms with Crippen molar-refractivity contribution >= 4 is 27.6 Å². The zero-order valence-electron chi connectivity index (χ0n) is 18.6. The van der Waals surface area contributed by atoms with Gasteiger partial charge in [0.1, 0.15) is 0 Å². The molecular formula is C22H29N3O6S. The fraction of sp³-hybridized carbons (Fsp3) is 0.364. The Hall–Kier alpha value is -2.95. The van der Waals surface area contributed by atoms with E-state index in [1.165, 1.54) is 37.2 Å². The number of carbonyl (C=O) groups excluding carboxylic acids is 2. The molecule has 0 fully saturated rings. The number of carbonyl (C=O) groups is 2. The van der Waals surface area contributed by atoms with Crippen molar-refractivity contribution in [1.29, 1.82) is 0 Å². The smallest absolute Gasteiger partial charge is 0.340 e. The number of sulfonamides is 1. The van der Waals surface area contributed by atoms with Crippen molar-refractivity contribution in [3.63, 3.8) is 0 Å². The number of hydrogen-bond donors (Lipinski definition) is 2. The van der Waals surface area contributed by atoms with Gasteiger partial charge in [-0.3, -0.25) is 4.79 Å². The van der Waals surface area contributed by atoms with Crippen LogP contribution in [0.3, 0.4) is 0 Å². The zero-order valence-corrected chi connectivity index (χ0v) is 19.4. The predicted molar refractivity (Wildman–Crippen MR) is 121 cm³/mol. The second kappa shape index (κ2) is 11.1. The van der Waals surface area contributed by atoms with Gasteiger partial charge in [-0.15, -0.1) is 0 Å². The van der Waals surface area contributed by atoms with Crippen molar-refractivity contribution in [3.8, 4) is 0 Å². The number of nitrogens with zero attached hydrogens (tertiary/aromatic N) is 2. The number of aliphatic hydroxyl groups is 1. The molecule has 0 aromatic heterocycles. The molecular weight excluding hydrogens is 434 g/mol. The molecule has 1 amide bonds. The average molecular weight is 464 g/mol. The number of esters is 1. The third-order valence-electron chi connectivity index (χ3n) is 5.00. The van der Waals surface area contributed by atoms with Crippen molar-refractivity contribution in [1.82, 2.24) is 9.21 Å². The minimum Gasteiger partial charge on any atom is -0.452 e. The van der Waals surface area contributed by atoms with E-state index >= 15 is 0 Å². The number of ether oxygens (including phenoxy) is 1. The number of likely N-dealkylation sites (N-methyl/N-ethyl adjacent to an activating group) is 1. The van der Waals surface area contributed by atoms with Gasteiger partial charge >= 0.3 is 5.97 Å². The van der Waals surface area contributed by atoms with Gasteiger partial charge in [-0.25, -0.2) is 17.5 Å². The lowest BCUT2D eigenvalue weighted by atomic mass is 10.1. The van der Waals surface area contributed by atoms with Crippen LogP contribution in [-0.2, 0) is 19.6 Å². The van der Waals surface area contributed by atoms with Crippen LogP contribution < -0.4 is 5.32 Å². The molecule has 0 aliphatic carbocycles. The Morgan fingerprint density at radius 2 is 1.75 bits per heavy atom. The van der Waals surface area contributed by atoms with Crippen LogP contribution in [0.1, 0.15) is 28.9 Å². The topological polar surface area (TPSA) is 116 Å². The predicted octanol–water partition coefficient (Wildman–Crippen LogP) is 1.72. The van der Waals surface area contributed by atoms with Gasteiger partial charge < -0.3 is 20.1 Å². The van der Waals surface area contributed by atoms with Gasteiger partial charge in [0, 0.05) is 33.4 Å². The lowest BCUT2D eigenvalue weighted by molar-refractivity contribution is -0.135. The molecule has 0 bridgehead atoms. The average Bonchev–Trinajstić information content (AvgIpc) is 2.80. The maximum Gasteiger partial charge on any atom is 0.340 e. The van der Waals surface area contributed by atoms with Crippen LogP contribution in [-0.4, -0.2) is 75.5 Å². The molecule has 0 aliphatic heterocycles. The summed E-state index contributed by atoms with van der Waals surface area (Å²) in [5, 5.41) is 11.9. The van der Waals surface area contributed by atoms with E-state index in [4.69, 9.17) is 9.84 Å². The van der Waals surface area contributed by atoms with Crippen molar-refractivity contribution < 1.29 is 27.9 Å². The number of anilines is 1. The van der Waals surface area contributed by atoms with Gasteiger partial charge in [0.2, 0.25) is 10.0 Å². The minimum atomic E-state index is -3.78. The maximum absolute atomic E-state index is 12.7. The lowest BCUT2D eigenvalue weighted by Gasteiger charge is -2.25. The summed E-state index contributed by atoms with van der Waals surface area (Å²) in [6, 6.07) is 13.2. The normalized spacial score (nSPS) is 12.3. The van der Waals surface area contributed by atoms with Gasteiger partial charge in [0.15, 0.2) is 6.61 Å². The fourth-order valence-electron chi connectivity index (χ4n) is 2.89. The van der Waals surface area contributed by atoms with Crippen molar-refractivity contribution in [2.75, 3.05) is 46.2 Å². The highest BCUT2D eigenvalue weighted by Crippen LogP contribution is 2.23. The molecule has 2 rings (SSSR count). The first-order chi connectivity index (χ1) is 15.1. The monoisotopic (exact) mass is 463 g/mol. The summed E-state index contributed by atoms with van der Waals surface area (Å²) >= 11 is 0. The molecule has 174 valence electrons. The van der Waals surface area contributed by atoms with E-state index < -0.39 is 28.5 Å². The first-order valence-corrected chi connectivity index (χ1v) is 11.4. The van der Waals surface area contributed by atoms with Crippen LogP contribution in [0.25, 0.3) is 0 Å². The molecule has 9 nitrogen and oxygen atoms in total. The van der Waals surface area contributed by atoms with Gasteiger partial charge in [0.25, 0.3) is 5.91 Å². The summed E-state index contributed by atoms with van der Waals surface area (Å²) in [6.07, 6.45) is 0. The Balaban J connectivity index is 2.19. The molecule has 2 aromatic carbocycles. The Morgan fingerprint density at radius 3 is 2.34 bits per heavy atom. The fourth-order valence-corrected chi connectivity index (χ4v) is 3.81. The van der Waals surface area contributed by atoms with E-state index in [-0.39, 0.29) is 29.7 Å². The summed E-state index contributed by atoms with van der Waals surface area (Å²) in [7, 11) is 0.599. The molecule has 2 aromatic rings. The van der Waals surface area contributed by atoms with E-state index in [1.54, 1.807) is 7.05 Å². The molecule has 0 aliphatic rings. The summed E-state index contributed by atoms with van der Waals surface area (Å²) in [4.78, 5) is 26.7. The quantitative estimate of drug-likeness (QED) is 0.515. The highest BCUT2D eigenvalue weighted by Gasteiger charge is 2.24. The van der Waals surface area contributed by atoms with Crippen LogP contribution in [0.4, 0.5) is 5.69 Å². The Morgan fingerprint density at radius 1 is 1.09 bits per heavy atom. The second-order valence-corrected chi connectivity index (χ2v) is 9.46. The van der Waals surface area contributed by atoms with Crippen molar-refractivity contribution in [3.05, 3.63) is 59.7 Å². The van der Waals surface area contributed by atoms with Gasteiger partial charge in [-0.1, -0.05) is 30.3 Å². The van der Waals surface area contributed by atoms with Crippen molar-refractivity contribution in [2.24, 2.45) is 0 Å². The van der Waals surface area contributed by atoms with Crippen LogP contribution in [0.5, 0.6) is 0 Å². The van der Waals surface area contributed by atoms with E-state index in [0.29, 0.717) is 5.69 Å². The van der Waals surface area contributed by atoms with Gasteiger partial charge in [-0.2, -0.15) is 0 Å². The molecule has 2 N–H and O–H groups in total. The summed E-state index contributed by atoms with van der Waals surface area (Å²) < 4.78 is 31.1. The number of aliphatic hydroxyl groups excluding tert-OH is 1. The molecule has 10 heteroatoms. The Labute approximate surface area is 188 Å². The number of nitrogens with one attached hydrogen (secondary N) is 1. The number of amides is 1. The van der Waals surface area contributed by atoms with E-state index in [0.717, 1.165) is 9.87 Å².